The van der Waals surface area contributed by atoms with Gasteiger partial charge in [-0.2, -0.15) is 4.31 Å². The van der Waals surface area contributed by atoms with Crippen LogP contribution in [-0.4, -0.2) is 62.5 Å². The van der Waals surface area contributed by atoms with Gasteiger partial charge in [0.2, 0.25) is 10.0 Å². The monoisotopic (exact) mass is 473 g/mol. The summed E-state index contributed by atoms with van der Waals surface area (Å²) in [7, 11) is -3.66. The minimum absolute atomic E-state index is 0.0575. The number of anilines is 1. The molecule has 9 nitrogen and oxygen atoms in total. The Kier molecular flexibility index (Phi) is 7.27. The van der Waals surface area contributed by atoms with Crippen LogP contribution in [-0.2, 0) is 24.3 Å². The molecular formula is C18H17Cl2N3O6S. The van der Waals surface area contributed by atoms with Gasteiger partial charge in [0.1, 0.15) is 0 Å². The van der Waals surface area contributed by atoms with Crippen LogP contribution in [0, 0.1) is 0 Å². The van der Waals surface area contributed by atoms with Crippen LogP contribution >= 0.6 is 23.2 Å². The Morgan fingerprint density at radius 3 is 2.47 bits per heavy atom. The van der Waals surface area contributed by atoms with Crippen molar-refractivity contribution in [1.82, 2.24) is 9.29 Å². The van der Waals surface area contributed by atoms with Gasteiger partial charge in [0, 0.05) is 19.3 Å². The van der Waals surface area contributed by atoms with Crippen LogP contribution in [0.2, 0.25) is 10.0 Å². The highest BCUT2D eigenvalue weighted by Crippen LogP contribution is 2.22. The second-order valence-electron chi connectivity index (χ2n) is 6.15. The number of hydrogen-bond acceptors (Lipinski definition) is 7. The van der Waals surface area contributed by atoms with E-state index in [1.54, 1.807) is 0 Å². The molecule has 1 fully saturated rings. The molecule has 1 amide bonds. The van der Waals surface area contributed by atoms with Crippen LogP contribution in [0.4, 0.5) is 5.82 Å². The van der Waals surface area contributed by atoms with Gasteiger partial charge in [-0.25, -0.2) is 18.2 Å². The highest BCUT2D eigenvalue weighted by Gasteiger charge is 2.26. The Labute approximate surface area is 182 Å². The topological polar surface area (TPSA) is 115 Å². The summed E-state index contributed by atoms with van der Waals surface area (Å²) in [4.78, 5) is 28.0. The fraction of sp³-hybridized carbons (Fsp3) is 0.278. The summed E-state index contributed by atoms with van der Waals surface area (Å²) < 4.78 is 36.6. The Bertz CT molecular complexity index is 1040. The summed E-state index contributed by atoms with van der Waals surface area (Å²) in [5.74, 6) is -1.35. The molecule has 30 heavy (non-hydrogen) atoms. The van der Waals surface area contributed by atoms with Gasteiger partial charge >= 0.3 is 5.97 Å². The zero-order valence-electron chi connectivity index (χ0n) is 15.5. The molecule has 0 unspecified atom stereocenters. The predicted octanol–water partition coefficient (Wildman–Crippen LogP) is 2.20. The maximum atomic E-state index is 12.6. The van der Waals surface area contributed by atoms with Crippen molar-refractivity contribution in [3.63, 3.8) is 0 Å². The molecule has 0 bridgehead atoms. The van der Waals surface area contributed by atoms with E-state index in [1.165, 1.54) is 40.8 Å². The Balaban J connectivity index is 1.57. The van der Waals surface area contributed by atoms with E-state index in [9.17, 15) is 18.0 Å². The van der Waals surface area contributed by atoms with Gasteiger partial charge in [-0.1, -0.05) is 23.2 Å². The van der Waals surface area contributed by atoms with Crippen LogP contribution in [0.15, 0.2) is 41.4 Å². The lowest BCUT2D eigenvalue weighted by atomic mass is 10.2. The maximum Gasteiger partial charge on any atom is 0.338 e. The predicted molar refractivity (Wildman–Crippen MR) is 109 cm³/mol. The van der Waals surface area contributed by atoms with Gasteiger partial charge in [-0.05, 0) is 30.3 Å². The summed E-state index contributed by atoms with van der Waals surface area (Å²) in [5, 5.41) is 2.84. The summed E-state index contributed by atoms with van der Waals surface area (Å²) >= 11 is 11.6. The molecule has 1 aliphatic heterocycles. The van der Waals surface area contributed by atoms with E-state index in [4.69, 9.17) is 32.7 Å². The molecule has 2 aromatic rings. The van der Waals surface area contributed by atoms with Crippen LogP contribution in [0.5, 0.6) is 0 Å². The average molecular weight is 474 g/mol. The number of amides is 1. The van der Waals surface area contributed by atoms with E-state index < -0.39 is 28.5 Å². The summed E-state index contributed by atoms with van der Waals surface area (Å²) in [5.41, 5.74) is 0.103. The van der Waals surface area contributed by atoms with Crippen molar-refractivity contribution < 1.29 is 27.5 Å². The van der Waals surface area contributed by atoms with Gasteiger partial charge in [-0.3, -0.25) is 4.79 Å². The molecule has 0 radical (unpaired) electrons. The largest absolute Gasteiger partial charge is 0.452 e. The molecule has 0 spiro atoms. The van der Waals surface area contributed by atoms with E-state index in [2.05, 4.69) is 10.3 Å². The van der Waals surface area contributed by atoms with Gasteiger partial charge < -0.3 is 14.8 Å². The number of benzene rings is 1. The summed E-state index contributed by atoms with van der Waals surface area (Å²) in [6, 6.07) is 6.69. The van der Waals surface area contributed by atoms with Crippen molar-refractivity contribution in [1.29, 1.82) is 0 Å². The maximum absolute atomic E-state index is 12.6. The molecular weight excluding hydrogens is 457 g/mol. The standard InChI is InChI=1S/C18H17Cl2N3O6S/c19-13-9-15(20)17(21-10-13)22-16(24)11-29-18(25)12-1-3-14(4-2-12)30(26,27)23-5-7-28-8-6-23/h1-4,9-10H,5-8,11H2,(H,21,22,24). The molecule has 0 atom stereocenters. The SMILES string of the molecule is O=C(COC(=O)c1ccc(S(=O)(=O)N2CCOCC2)cc1)Nc1ncc(Cl)cc1Cl. The van der Waals surface area contributed by atoms with Crippen LogP contribution in [0.1, 0.15) is 10.4 Å². The molecule has 2 heterocycles. The van der Waals surface area contributed by atoms with E-state index in [1.807, 2.05) is 0 Å². The third kappa shape index (κ3) is 5.46. The normalized spacial score (nSPS) is 14.9. The highest BCUT2D eigenvalue weighted by molar-refractivity contribution is 7.89. The third-order valence-electron chi connectivity index (χ3n) is 4.10. The molecule has 12 heteroatoms. The van der Waals surface area contributed by atoms with E-state index in [0.717, 1.165) is 0 Å². The number of carbonyl (C=O) groups excluding carboxylic acids is 2. The van der Waals surface area contributed by atoms with E-state index in [-0.39, 0.29) is 34.4 Å². The molecule has 0 aliphatic carbocycles. The molecule has 1 aliphatic rings. The van der Waals surface area contributed by atoms with Crippen LogP contribution in [0.25, 0.3) is 0 Å². The number of aromatic nitrogens is 1. The first-order chi connectivity index (χ1) is 14.3. The van der Waals surface area contributed by atoms with Gasteiger partial charge in [0.05, 0.1) is 33.7 Å². The highest BCUT2D eigenvalue weighted by atomic mass is 35.5. The van der Waals surface area contributed by atoms with Crippen molar-refractivity contribution in [2.24, 2.45) is 0 Å². The Morgan fingerprint density at radius 1 is 1.17 bits per heavy atom. The minimum atomic E-state index is -3.66. The van der Waals surface area contributed by atoms with Crippen LogP contribution < -0.4 is 5.32 Å². The van der Waals surface area contributed by atoms with E-state index >= 15 is 0 Å². The second-order valence-corrected chi connectivity index (χ2v) is 8.93. The van der Waals surface area contributed by atoms with Crippen molar-refractivity contribution in [2.75, 3.05) is 38.2 Å². The van der Waals surface area contributed by atoms with Crippen molar-refractivity contribution in [2.45, 2.75) is 4.90 Å². The summed E-state index contributed by atoms with van der Waals surface area (Å²) in [6.07, 6.45) is 1.31. The van der Waals surface area contributed by atoms with E-state index in [0.29, 0.717) is 18.2 Å². The first kappa shape index (κ1) is 22.4. The number of hydrogen-bond donors (Lipinski definition) is 1. The molecule has 1 aromatic carbocycles. The lowest BCUT2D eigenvalue weighted by molar-refractivity contribution is -0.119. The fourth-order valence-corrected chi connectivity index (χ4v) is 4.42. The van der Waals surface area contributed by atoms with Crippen LogP contribution in [0.3, 0.4) is 0 Å². The number of morpholine rings is 1. The average Bonchev–Trinajstić information content (AvgIpc) is 2.75. The lowest BCUT2D eigenvalue weighted by Crippen LogP contribution is -2.40. The smallest absolute Gasteiger partial charge is 0.338 e. The first-order valence-corrected chi connectivity index (χ1v) is 10.9. The zero-order chi connectivity index (χ0) is 21.7. The quantitative estimate of drug-likeness (QED) is 0.639. The molecule has 160 valence electrons. The number of halogens is 2. The van der Waals surface area contributed by atoms with Gasteiger partial charge in [0.15, 0.2) is 12.4 Å². The number of ether oxygens (including phenoxy) is 2. The third-order valence-corrected chi connectivity index (χ3v) is 6.51. The number of nitrogens with one attached hydrogen (secondary N) is 1. The number of sulfonamides is 1. The molecule has 1 saturated heterocycles. The van der Waals surface area contributed by atoms with Gasteiger partial charge in [0.25, 0.3) is 5.91 Å². The fourth-order valence-electron chi connectivity index (χ4n) is 2.59. The van der Waals surface area contributed by atoms with Crippen molar-refractivity contribution in [3.05, 3.63) is 52.1 Å². The zero-order valence-corrected chi connectivity index (χ0v) is 17.8. The first-order valence-electron chi connectivity index (χ1n) is 8.73. The van der Waals surface area contributed by atoms with Gasteiger partial charge in [-0.15, -0.1) is 0 Å². The number of nitrogens with zero attached hydrogens (tertiary/aromatic N) is 2. The number of carbonyl (C=O) groups is 2. The van der Waals surface area contributed by atoms with Crippen molar-refractivity contribution >= 4 is 50.9 Å². The molecule has 3 rings (SSSR count). The molecule has 1 N–H and O–H groups in total. The minimum Gasteiger partial charge on any atom is -0.452 e. The molecule has 1 aromatic heterocycles. The summed E-state index contributed by atoms with van der Waals surface area (Å²) in [6.45, 7) is 0.639. The number of esters is 1. The lowest BCUT2D eigenvalue weighted by Gasteiger charge is -2.26. The second kappa shape index (κ2) is 9.71. The Morgan fingerprint density at radius 2 is 1.83 bits per heavy atom. The van der Waals surface area contributed by atoms with Crippen molar-refractivity contribution in [3.8, 4) is 0 Å². The molecule has 0 saturated carbocycles. The Hall–Kier alpha value is -2.24. The number of rotatable bonds is 6. The number of pyridine rings is 1.